The predicted octanol–water partition coefficient (Wildman–Crippen LogP) is 2.68. The molecular weight excluding hydrogens is 304 g/mol. The Labute approximate surface area is 143 Å². The van der Waals surface area contributed by atoms with Crippen molar-refractivity contribution in [3.8, 4) is 0 Å². The van der Waals surface area contributed by atoms with E-state index in [1.54, 1.807) is 12.4 Å². The molecule has 6 heteroatoms. The van der Waals surface area contributed by atoms with Gasteiger partial charge in [0.05, 0.1) is 0 Å². The van der Waals surface area contributed by atoms with Gasteiger partial charge in [-0.3, -0.25) is 9.59 Å². The van der Waals surface area contributed by atoms with Gasteiger partial charge in [0.25, 0.3) is 0 Å². The molecule has 0 aromatic rings. The van der Waals surface area contributed by atoms with Crippen molar-refractivity contribution in [3.63, 3.8) is 0 Å². The van der Waals surface area contributed by atoms with Crippen molar-refractivity contribution in [3.05, 3.63) is 24.3 Å². The molecule has 130 valence electrons. The van der Waals surface area contributed by atoms with Gasteiger partial charge < -0.3 is 0 Å². The molecule has 0 aliphatic heterocycles. The second-order valence-corrected chi connectivity index (χ2v) is 6.22. The molecule has 0 aromatic carbocycles. The lowest BCUT2D eigenvalue weighted by atomic mass is 9.96. The quantitative estimate of drug-likeness (QED) is 0.427. The normalized spacial score (nSPS) is 23.7. The Morgan fingerprint density at radius 3 is 1.67 bits per heavy atom. The zero-order chi connectivity index (χ0) is 17.0. The van der Waals surface area contributed by atoms with Crippen LogP contribution in [0, 0.1) is 11.8 Å². The zero-order valence-electron chi connectivity index (χ0n) is 14.0. The summed E-state index contributed by atoms with van der Waals surface area (Å²) in [6.07, 6.45) is 18.6. The first-order valence-electron chi connectivity index (χ1n) is 8.68. The summed E-state index contributed by atoms with van der Waals surface area (Å²) >= 11 is 0. The van der Waals surface area contributed by atoms with Crippen LogP contribution in [-0.4, -0.2) is 24.2 Å². The number of carbonyl (C=O) groups excluding carboxylic acids is 2. The van der Waals surface area contributed by atoms with E-state index in [9.17, 15) is 9.59 Å². The van der Waals surface area contributed by atoms with E-state index in [1.807, 2.05) is 0 Å². The minimum Gasteiger partial charge on any atom is -0.273 e. The molecule has 0 heterocycles. The third-order valence-corrected chi connectivity index (χ3v) is 4.15. The molecule has 24 heavy (non-hydrogen) atoms. The monoisotopic (exact) mass is 330 g/mol. The van der Waals surface area contributed by atoms with E-state index in [1.165, 1.54) is 0 Å². The largest absolute Gasteiger partial charge is 0.273 e. The molecule has 0 bridgehead atoms. The lowest BCUT2D eigenvalue weighted by Gasteiger charge is -2.12. The van der Waals surface area contributed by atoms with Gasteiger partial charge in [-0.2, -0.15) is 10.2 Å². The first kappa shape index (κ1) is 18.1. The van der Waals surface area contributed by atoms with E-state index in [0.29, 0.717) is 11.8 Å². The van der Waals surface area contributed by atoms with Crippen molar-refractivity contribution in [2.45, 2.75) is 51.4 Å². The minimum absolute atomic E-state index is 0.107. The maximum atomic E-state index is 11.6. The molecule has 2 unspecified atom stereocenters. The average Bonchev–Trinajstić information content (AvgIpc) is 2.62. The Morgan fingerprint density at radius 1 is 0.833 bits per heavy atom. The van der Waals surface area contributed by atoms with E-state index in [-0.39, 0.29) is 24.7 Å². The number of allylic oxidation sites excluding steroid dienone is 4. The van der Waals surface area contributed by atoms with Gasteiger partial charge in [0, 0.05) is 25.3 Å². The molecule has 2 rings (SSSR count). The van der Waals surface area contributed by atoms with Crippen LogP contribution in [0.5, 0.6) is 0 Å². The molecule has 2 atom stereocenters. The maximum absolute atomic E-state index is 11.6. The summed E-state index contributed by atoms with van der Waals surface area (Å²) in [5.41, 5.74) is 4.95. The number of hydrazone groups is 2. The molecule has 0 spiro atoms. The van der Waals surface area contributed by atoms with Crippen molar-refractivity contribution in [1.29, 1.82) is 0 Å². The summed E-state index contributed by atoms with van der Waals surface area (Å²) in [4.78, 5) is 23.3. The fraction of sp³-hybridized carbons (Fsp3) is 0.556. The van der Waals surface area contributed by atoms with Crippen LogP contribution < -0.4 is 10.9 Å². The van der Waals surface area contributed by atoms with Crippen molar-refractivity contribution in [2.75, 3.05) is 0 Å². The first-order valence-corrected chi connectivity index (χ1v) is 8.68. The lowest BCUT2D eigenvalue weighted by molar-refractivity contribution is -0.126. The fourth-order valence-electron chi connectivity index (χ4n) is 2.67. The van der Waals surface area contributed by atoms with Crippen LogP contribution in [0.15, 0.2) is 34.5 Å². The summed E-state index contributed by atoms with van der Waals surface area (Å²) in [5.74, 6) is 0.272. The summed E-state index contributed by atoms with van der Waals surface area (Å²) in [5, 5.41) is 7.94. The molecule has 2 N–H and O–H groups in total. The van der Waals surface area contributed by atoms with Crippen LogP contribution in [0.25, 0.3) is 0 Å². The van der Waals surface area contributed by atoms with Crippen molar-refractivity contribution in [2.24, 2.45) is 22.0 Å². The highest BCUT2D eigenvalue weighted by Gasteiger charge is 2.09. The zero-order valence-corrected chi connectivity index (χ0v) is 14.0. The molecule has 2 aliphatic rings. The Kier molecular flexibility index (Phi) is 7.93. The van der Waals surface area contributed by atoms with Crippen LogP contribution in [0.2, 0.25) is 0 Å². The SMILES string of the molecule is O=C(CCC(=O)NN=CC1CC=CCC1)NN=CC1CC=CCC1. The molecule has 0 saturated heterocycles. The van der Waals surface area contributed by atoms with Crippen LogP contribution in [-0.2, 0) is 9.59 Å². The maximum Gasteiger partial charge on any atom is 0.240 e. The molecule has 0 saturated carbocycles. The number of amides is 2. The second-order valence-electron chi connectivity index (χ2n) is 6.22. The summed E-state index contributed by atoms with van der Waals surface area (Å²) in [6.45, 7) is 0. The molecule has 6 nitrogen and oxygen atoms in total. The molecule has 0 radical (unpaired) electrons. The van der Waals surface area contributed by atoms with Gasteiger partial charge in [-0.1, -0.05) is 24.3 Å². The van der Waals surface area contributed by atoms with E-state index in [4.69, 9.17) is 0 Å². The van der Waals surface area contributed by atoms with Crippen molar-refractivity contribution < 1.29 is 9.59 Å². The highest BCUT2D eigenvalue weighted by atomic mass is 16.2. The van der Waals surface area contributed by atoms with Crippen LogP contribution >= 0.6 is 0 Å². The van der Waals surface area contributed by atoms with Gasteiger partial charge in [0.15, 0.2) is 0 Å². The van der Waals surface area contributed by atoms with Crippen LogP contribution in [0.3, 0.4) is 0 Å². The first-order chi connectivity index (χ1) is 11.7. The minimum atomic E-state index is -0.255. The summed E-state index contributed by atoms with van der Waals surface area (Å²) in [6, 6.07) is 0. The van der Waals surface area contributed by atoms with Gasteiger partial charge in [-0.05, 0) is 50.4 Å². The molecule has 0 fully saturated rings. The lowest BCUT2D eigenvalue weighted by Crippen LogP contribution is -2.23. The van der Waals surface area contributed by atoms with E-state index < -0.39 is 0 Å². The van der Waals surface area contributed by atoms with E-state index in [2.05, 4.69) is 45.4 Å². The third kappa shape index (κ3) is 7.35. The van der Waals surface area contributed by atoms with Gasteiger partial charge >= 0.3 is 0 Å². The standard InChI is InChI=1S/C18H26N4O2/c23-17(21-19-13-15-7-3-1-4-8-15)11-12-18(24)22-20-14-16-9-5-2-6-10-16/h1-3,5,13-16H,4,6-12H2,(H,21,23)(H,22,24). The number of carbonyl (C=O) groups is 2. The Hall–Kier alpha value is -2.24. The molecule has 2 amide bonds. The van der Waals surface area contributed by atoms with E-state index in [0.717, 1.165) is 38.5 Å². The second kappa shape index (κ2) is 10.5. The van der Waals surface area contributed by atoms with E-state index >= 15 is 0 Å². The highest BCUT2D eigenvalue weighted by molar-refractivity contribution is 5.84. The van der Waals surface area contributed by atoms with Crippen LogP contribution in [0.4, 0.5) is 0 Å². The Balaban J connectivity index is 1.56. The van der Waals surface area contributed by atoms with Gasteiger partial charge in [-0.15, -0.1) is 0 Å². The number of nitrogens with one attached hydrogen (secondary N) is 2. The molecule has 2 aliphatic carbocycles. The third-order valence-electron chi connectivity index (χ3n) is 4.15. The molecular formula is C18H26N4O2. The number of nitrogens with zero attached hydrogens (tertiary/aromatic N) is 2. The Morgan fingerprint density at radius 2 is 1.29 bits per heavy atom. The average molecular weight is 330 g/mol. The number of hydrogen-bond donors (Lipinski definition) is 2. The summed E-state index contributed by atoms with van der Waals surface area (Å²) in [7, 11) is 0. The van der Waals surface area contributed by atoms with Gasteiger partial charge in [0.2, 0.25) is 11.8 Å². The summed E-state index contributed by atoms with van der Waals surface area (Å²) < 4.78 is 0. The number of rotatable bonds is 7. The predicted molar refractivity (Wildman–Crippen MR) is 95.5 cm³/mol. The topological polar surface area (TPSA) is 82.9 Å². The van der Waals surface area contributed by atoms with Crippen molar-refractivity contribution in [1.82, 2.24) is 10.9 Å². The van der Waals surface area contributed by atoms with Crippen LogP contribution in [0.1, 0.15) is 51.4 Å². The van der Waals surface area contributed by atoms with Gasteiger partial charge in [-0.25, -0.2) is 10.9 Å². The number of hydrogen-bond acceptors (Lipinski definition) is 4. The molecule has 0 aromatic heterocycles. The smallest absolute Gasteiger partial charge is 0.240 e. The highest BCUT2D eigenvalue weighted by Crippen LogP contribution is 2.16. The van der Waals surface area contributed by atoms with Crippen molar-refractivity contribution >= 4 is 24.2 Å². The van der Waals surface area contributed by atoms with Gasteiger partial charge in [0.1, 0.15) is 0 Å². The Bertz CT molecular complexity index is 489. The fourth-order valence-corrected chi connectivity index (χ4v) is 2.67.